The molecular weight excluding hydrogens is 314 g/mol. The van der Waals surface area contributed by atoms with Crippen molar-refractivity contribution < 1.29 is 13.9 Å². The standard InChI is InChI=1S/C16H21N3O3S/c1-16(2,15(20)21-3)8-12-18-19-13(22-12)14-17-11(9-23-14)7-10-5-4-6-10/h9-10H,4-8H2,1-3H3. The Morgan fingerprint density at radius 1 is 1.43 bits per heavy atom. The second-order valence-corrected chi connectivity index (χ2v) is 7.56. The number of ether oxygens (including phenoxy) is 1. The maximum absolute atomic E-state index is 11.7. The van der Waals surface area contributed by atoms with Crippen molar-refractivity contribution in [2.24, 2.45) is 11.3 Å². The molecular formula is C16H21N3O3S. The van der Waals surface area contributed by atoms with Gasteiger partial charge in [-0.15, -0.1) is 21.5 Å². The zero-order chi connectivity index (χ0) is 16.4. The van der Waals surface area contributed by atoms with Crippen LogP contribution in [-0.2, 0) is 22.4 Å². The first-order valence-electron chi connectivity index (χ1n) is 7.83. The lowest BCUT2D eigenvalue weighted by Gasteiger charge is -2.24. The predicted octanol–water partition coefficient (Wildman–Crippen LogP) is 3.28. The Kier molecular flexibility index (Phi) is 4.48. The Bertz CT molecular complexity index is 688. The van der Waals surface area contributed by atoms with Crippen LogP contribution in [0.3, 0.4) is 0 Å². The molecule has 0 atom stereocenters. The maximum Gasteiger partial charge on any atom is 0.311 e. The zero-order valence-electron chi connectivity index (χ0n) is 13.7. The third-order valence-electron chi connectivity index (χ3n) is 4.26. The van der Waals surface area contributed by atoms with Gasteiger partial charge in [-0.25, -0.2) is 4.98 Å². The molecule has 1 aliphatic carbocycles. The van der Waals surface area contributed by atoms with Crippen molar-refractivity contribution in [2.75, 3.05) is 7.11 Å². The van der Waals surface area contributed by atoms with E-state index in [4.69, 9.17) is 9.15 Å². The van der Waals surface area contributed by atoms with Gasteiger partial charge in [-0.1, -0.05) is 19.3 Å². The molecule has 124 valence electrons. The number of rotatable bonds is 6. The van der Waals surface area contributed by atoms with E-state index in [0.29, 0.717) is 18.2 Å². The van der Waals surface area contributed by atoms with E-state index in [9.17, 15) is 4.79 Å². The van der Waals surface area contributed by atoms with Gasteiger partial charge in [0.2, 0.25) is 5.89 Å². The summed E-state index contributed by atoms with van der Waals surface area (Å²) >= 11 is 1.52. The van der Waals surface area contributed by atoms with Crippen LogP contribution >= 0.6 is 11.3 Å². The van der Waals surface area contributed by atoms with Gasteiger partial charge in [0.25, 0.3) is 5.89 Å². The number of hydrogen-bond donors (Lipinski definition) is 0. The van der Waals surface area contributed by atoms with E-state index < -0.39 is 5.41 Å². The summed E-state index contributed by atoms with van der Waals surface area (Å²) in [7, 11) is 1.38. The Morgan fingerprint density at radius 2 is 2.22 bits per heavy atom. The van der Waals surface area contributed by atoms with Crippen molar-refractivity contribution in [3.05, 3.63) is 17.0 Å². The third-order valence-corrected chi connectivity index (χ3v) is 5.13. The number of hydrogen-bond acceptors (Lipinski definition) is 7. The minimum absolute atomic E-state index is 0.297. The maximum atomic E-state index is 11.7. The molecule has 0 bridgehead atoms. The van der Waals surface area contributed by atoms with Crippen LogP contribution in [0.1, 0.15) is 44.7 Å². The van der Waals surface area contributed by atoms with Gasteiger partial charge in [0.1, 0.15) is 0 Å². The normalized spacial score (nSPS) is 15.4. The van der Waals surface area contributed by atoms with E-state index in [1.807, 2.05) is 0 Å². The summed E-state index contributed by atoms with van der Waals surface area (Å²) in [6.07, 6.45) is 5.32. The van der Waals surface area contributed by atoms with Crippen LogP contribution in [0.15, 0.2) is 9.80 Å². The average Bonchev–Trinajstić information content (AvgIpc) is 3.10. The van der Waals surface area contributed by atoms with Gasteiger partial charge in [-0.3, -0.25) is 4.79 Å². The molecule has 0 spiro atoms. The molecule has 1 fully saturated rings. The van der Waals surface area contributed by atoms with Crippen molar-refractivity contribution in [2.45, 2.75) is 46.0 Å². The SMILES string of the molecule is COC(=O)C(C)(C)Cc1nnc(-c2nc(CC3CCC3)cs2)o1. The van der Waals surface area contributed by atoms with Crippen LogP contribution in [0.5, 0.6) is 0 Å². The summed E-state index contributed by atoms with van der Waals surface area (Å²) in [4.78, 5) is 16.3. The van der Waals surface area contributed by atoms with Gasteiger partial charge in [-0.05, 0) is 26.2 Å². The molecule has 2 aromatic heterocycles. The highest BCUT2D eigenvalue weighted by molar-refractivity contribution is 7.13. The zero-order valence-corrected chi connectivity index (χ0v) is 14.5. The highest BCUT2D eigenvalue weighted by atomic mass is 32.1. The molecule has 7 heteroatoms. The molecule has 0 amide bonds. The van der Waals surface area contributed by atoms with Gasteiger partial charge in [0, 0.05) is 11.8 Å². The molecule has 6 nitrogen and oxygen atoms in total. The Morgan fingerprint density at radius 3 is 2.87 bits per heavy atom. The molecule has 0 aliphatic heterocycles. The lowest BCUT2D eigenvalue weighted by molar-refractivity contribution is -0.150. The van der Waals surface area contributed by atoms with Crippen LogP contribution in [-0.4, -0.2) is 28.3 Å². The molecule has 23 heavy (non-hydrogen) atoms. The fraction of sp³-hybridized carbons (Fsp3) is 0.625. The fourth-order valence-electron chi connectivity index (χ4n) is 2.63. The van der Waals surface area contributed by atoms with E-state index in [1.165, 1.54) is 37.7 Å². The average molecular weight is 335 g/mol. The first kappa shape index (κ1) is 16.1. The van der Waals surface area contributed by atoms with Crippen LogP contribution < -0.4 is 0 Å². The number of thiazole rings is 1. The summed E-state index contributed by atoms with van der Waals surface area (Å²) < 4.78 is 10.5. The van der Waals surface area contributed by atoms with Crippen molar-refractivity contribution in [1.29, 1.82) is 0 Å². The Hall–Kier alpha value is -1.76. The van der Waals surface area contributed by atoms with Crippen molar-refractivity contribution in [3.8, 4) is 10.9 Å². The summed E-state index contributed by atoms with van der Waals surface area (Å²) in [6.45, 7) is 3.59. The minimum Gasteiger partial charge on any atom is -0.469 e. The number of nitrogens with zero attached hydrogens (tertiary/aromatic N) is 3. The van der Waals surface area contributed by atoms with Crippen molar-refractivity contribution in [1.82, 2.24) is 15.2 Å². The molecule has 0 aromatic carbocycles. The van der Waals surface area contributed by atoms with Gasteiger partial charge >= 0.3 is 5.97 Å². The third kappa shape index (κ3) is 3.60. The number of carbonyl (C=O) groups is 1. The number of methoxy groups -OCH3 is 1. The van der Waals surface area contributed by atoms with E-state index >= 15 is 0 Å². The summed E-state index contributed by atoms with van der Waals surface area (Å²) in [5.74, 6) is 1.33. The van der Waals surface area contributed by atoms with Gasteiger partial charge in [0.15, 0.2) is 5.01 Å². The van der Waals surface area contributed by atoms with E-state index in [1.54, 1.807) is 13.8 Å². The lowest BCUT2D eigenvalue weighted by Crippen LogP contribution is -2.28. The topological polar surface area (TPSA) is 78.1 Å². The molecule has 0 saturated heterocycles. The lowest BCUT2D eigenvalue weighted by atomic mass is 9.82. The van der Waals surface area contributed by atoms with Crippen LogP contribution in [0, 0.1) is 11.3 Å². The van der Waals surface area contributed by atoms with Gasteiger partial charge in [-0.2, -0.15) is 0 Å². The van der Waals surface area contributed by atoms with Crippen molar-refractivity contribution >= 4 is 17.3 Å². The van der Waals surface area contributed by atoms with E-state index in [0.717, 1.165) is 23.0 Å². The van der Waals surface area contributed by atoms with Crippen molar-refractivity contribution in [3.63, 3.8) is 0 Å². The number of esters is 1. The van der Waals surface area contributed by atoms with E-state index in [-0.39, 0.29) is 5.97 Å². The molecule has 0 radical (unpaired) electrons. The van der Waals surface area contributed by atoms with E-state index in [2.05, 4.69) is 20.6 Å². The largest absolute Gasteiger partial charge is 0.469 e. The highest BCUT2D eigenvalue weighted by Crippen LogP contribution is 2.32. The molecule has 2 aromatic rings. The Balaban J connectivity index is 1.68. The second-order valence-electron chi connectivity index (χ2n) is 6.70. The summed E-state index contributed by atoms with van der Waals surface area (Å²) in [6, 6.07) is 0. The molecule has 2 heterocycles. The first-order valence-corrected chi connectivity index (χ1v) is 8.71. The summed E-state index contributed by atoms with van der Waals surface area (Å²) in [5, 5.41) is 10.9. The quantitative estimate of drug-likeness (QED) is 0.754. The Labute approximate surface area is 139 Å². The molecule has 0 N–H and O–H groups in total. The smallest absolute Gasteiger partial charge is 0.311 e. The molecule has 1 aliphatic rings. The molecule has 0 unspecified atom stereocenters. The van der Waals surface area contributed by atoms with Crippen LogP contribution in [0.25, 0.3) is 10.9 Å². The minimum atomic E-state index is -0.698. The van der Waals surface area contributed by atoms with Crippen LogP contribution in [0.2, 0.25) is 0 Å². The summed E-state index contributed by atoms with van der Waals surface area (Å²) in [5.41, 5.74) is 0.404. The number of aromatic nitrogens is 3. The highest BCUT2D eigenvalue weighted by Gasteiger charge is 2.31. The van der Waals surface area contributed by atoms with Gasteiger partial charge < -0.3 is 9.15 Å². The first-order chi connectivity index (χ1) is 11.0. The number of carbonyl (C=O) groups excluding carboxylic acids is 1. The van der Waals surface area contributed by atoms with Crippen LogP contribution in [0.4, 0.5) is 0 Å². The predicted molar refractivity (Wildman–Crippen MR) is 86.0 cm³/mol. The fourth-order valence-corrected chi connectivity index (χ4v) is 3.38. The second kappa shape index (κ2) is 6.39. The van der Waals surface area contributed by atoms with Gasteiger partial charge in [0.05, 0.1) is 18.2 Å². The monoisotopic (exact) mass is 335 g/mol. The molecule has 1 saturated carbocycles. The molecule has 3 rings (SSSR count).